The number of benzene rings is 3. The number of phenolic OH excluding ortho intramolecular Hbond substituents is 1. The van der Waals surface area contributed by atoms with Crippen LogP contribution in [-0.4, -0.2) is 10.8 Å². The molecule has 0 bridgehead atoms. The molecule has 3 heteroatoms. The van der Waals surface area contributed by atoms with Crippen LogP contribution in [-0.2, 0) is 6.42 Å². The minimum atomic E-state index is 0.257. The van der Waals surface area contributed by atoms with Gasteiger partial charge in [0.2, 0.25) is 0 Å². The Morgan fingerprint density at radius 1 is 0.875 bits per heavy atom. The van der Waals surface area contributed by atoms with Gasteiger partial charge in [-0.25, -0.2) is 0 Å². The molecule has 0 aliphatic carbocycles. The molecule has 0 radical (unpaired) electrons. The van der Waals surface area contributed by atoms with Crippen molar-refractivity contribution in [1.29, 1.82) is 0 Å². The molecule has 0 unspecified atom stereocenters. The van der Waals surface area contributed by atoms with E-state index in [0.29, 0.717) is 11.8 Å². The fraction of sp³-hybridized carbons (Fsp3) is 0.345. The summed E-state index contributed by atoms with van der Waals surface area (Å²) in [5.74, 6) is 1.01. The third-order valence-corrected chi connectivity index (χ3v) is 6.06. The predicted molar refractivity (Wildman–Crippen MR) is 138 cm³/mol. The van der Waals surface area contributed by atoms with E-state index < -0.39 is 0 Å². The van der Waals surface area contributed by atoms with Gasteiger partial charge in [0.05, 0.1) is 5.69 Å². The highest BCUT2D eigenvalue weighted by molar-refractivity contribution is 6.00. The van der Waals surface area contributed by atoms with Crippen molar-refractivity contribution in [2.45, 2.75) is 66.7 Å². The second-order valence-electron chi connectivity index (χ2n) is 9.50. The van der Waals surface area contributed by atoms with E-state index in [9.17, 15) is 5.11 Å². The zero-order valence-electron chi connectivity index (χ0n) is 20.5. The van der Waals surface area contributed by atoms with Crippen LogP contribution in [0.25, 0.3) is 0 Å². The molecular formula is C29H36N2O. The van der Waals surface area contributed by atoms with E-state index in [1.54, 1.807) is 12.1 Å². The molecule has 0 saturated heterocycles. The monoisotopic (exact) mass is 428 g/mol. The molecule has 3 aromatic rings. The Bertz CT molecular complexity index is 1160. The van der Waals surface area contributed by atoms with Crippen molar-refractivity contribution in [3.63, 3.8) is 0 Å². The molecule has 0 saturated carbocycles. The Hall–Kier alpha value is -3.07. The van der Waals surface area contributed by atoms with Crippen molar-refractivity contribution in [3.05, 3.63) is 87.5 Å². The van der Waals surface area contributed by atoms with Gasteiger partial charge in [0.15, 0.2) is 0 Å². The molecule has 3 aromatic carbocycles. The lowest BCUT2D eigenvalue weighted by molar-refractivity contribution is 0.475. The number of hydrogen-bond donors (Lipinski definition) is 2. The number of nitrogens with zero attached hydrogens (tertiary/aromatic N) is 1. The van der Waals surface area contributed by atoms with Crippen LogP contribution in [0.1, 0.15) is 85.4 Å². The van der Waals surface area contributed by atoms with E-state index >= 15 is 0 Å². The molecule has 3 N–H and O–H groups in total. The summed E-state index contributed by atoms with van der Waals surface area (Å²) >= 11 is 0. The smallest absolute Gasteiger partial charge is 0.116 e. The van der Waals surface area contributed by atoms with Crippen molar-refractivity contribution in [2.75, 3.05) is 5.73 Å². The molecular weight excluding hydrogens is 392 g/mol. The Labute approximate surface area is 193 Å². The number of aryl methyl sites for hydroxylation is 2. The molecule has 0 heterocycles. The average Bonchev–Trinajstić information content (AvgIpc) is 2.71. The third-order valence-electron chi connectivity index (χ3n) is 6.06. The standard InChI is InChI=1S/C29H36N2O/c1-17(2)26-14-22(11-19(5)28(26)30)13-23-12-20(6)29(27(15-23)18(3)4)31-21(7)24-9-8-10-25(32)16-24/h8-12,14-18,32H,13,30H2,1-7H3/b31-21+. The minimum Gasteiger partial charge on any atom is -0.508 e. The molecule has 168 valence electrons. The van der Waals surface area contributed by atoms with E-state index in [4.69, 9.17) is 10.7 Å². The number of hydrogen-bond acceptors (Lipinski definition) is 3. The summed E-state index contributed by atoms with van der Waals surface area (Å²) in [6, 6.07) is 16.3. The van der Waals surface area contributed by atoms with Gasteiger partial charge in [0.1, 0.15) is 5.75 Å². The molecule has 3 rings (SSSR count). The van der Waals surface area contributed by atoms with Gasteiger partial charge in [-0.3, -0.25) is 4.99 Å². The van der Waals surface area contributed by atoms with Crippen molar-refractivity contribution in [3.8, 4) is 5.75 Å². The lowest BCUT2D eigenvalue weighted by atomic mass is 9.90. The summed E-state index contributed by atoms with van der Waals surface area (Å²) in [5, 5.41) is 9.83. The Balaban J connectivity index is 2.02. The summed E-state index contributed by atoms with van der Waals surface area (Å²) in [6.45, 7) is 15.0. The molecule has 0 atom stereocenters. The first kappa shape index (κ1) is 23.6. The molecule has 3 nitrogen and oxygen atoms in total. The second-order valence-corrected chi connectivity index (χ2v) is 9.50. The summed E-state index contributed by atoms with van der Waals surface area (Å²) in [6.07, 6.45) is 0.872. The highest BCUT2D eigenvalue weighted by Crippen LogP contribution is 2.34. The lowest BCUT2D eigenvalue weighted by Gasteiger charge is -2.18. The van der Waals surface area contributed by atoms with E-state index in [0.717, 1.165) is 34.6 Å². The van der Waals surface area contributed by atoms with Crippen LogP contribution < -0.4 is 5.73 Å². The summed E-state index contributed by atoms with van der Waals surface area (Å²) < 4.78 is 0. The number of rotatable bonds is 6. The molecule has 0 aromatic heterocycles. The highest BCUT2D eigenvalue weighted by atomic mass is 16.3. The first-order chi connectivity index (χ1) is 15.1. The van der Waals surface area contributed by atoms with Gasteiger partial charge in [0, 0.05) is 11.4 Å². The van der Waals surface area contributed by atoms with Gasteiger partial charge in [0.25, 0.3) is 0 Å². The van der Waals surface area contributed by atoms with E-state index in [-0.39, 0.29) is 5.75 Å². The van der Waals surface area contributed by atoms with Crippen molar-refractivity contribution < 1.29 is 5.11 Å². The first-order valence-electron chi connectivity index (χ1n) is 11.4. The SMILES string of the molecule is C/C(=N\c1c(C)cc(Cc2cc(C)c(N)c(C(C)C)c2)cc1C(C)C)c1cccc(O)c1. The Morgan fingerprint density at radius 3 is 2.06 bits per heavy atom. The zero-order chi connectivity index (χ0) is 23.6. The summed E-state index contributed by atoms with van der Waals surface area (Å²) in [4.78, 5) is 4.99. The van der Waals surface area contributed by atoms with Gasteiger partial charge in [-0.1, -0.05) is 64.1 Å². The van der Waals surface area contributed by atoms with Crippen molar-refractivity contribution in [2.24, 2.45) is 4.99 Å². The topological polar surface area (TPSA) is 58.6 Å². The van der Waals surface area contributed by atoms with Crippen LogP contribution in [0.15, 0.2) is 53.5 Å². The number of aliphatic imine (C=N–C) groups is 1. The molecule has 0 spiro atoms. The maximum absolute atomic E-state index is 9.83. The van der Waals surface area contributed by atoms with Crippen LogP contribution >= 0.6 is 0 Å². The molecule has 0 fully saturated rings. The van der Waals surface area contributed by atoms with Gasteiger partial charge in [-0.2, -0.15) is 0 Å². The van der Waals surface area contributed by atoms with Crippen LogP contribution in [0.4, 0.5) is 11.4 Å². The van der Waals surface area contributed by atoms with E-state index in [1.165, 1.54) is 27.8 Å². The Morgan fingerprint density at radius 2 is 1.47 bits per heavy atom. The normalized spacial score (nSPS) is 12.1. The van der Waals surface area contributed by atoms with Crippen LogP contribution in [0.3, 0.4) is 0 Å². The number of anilines is 1. The Kier molecular flexibility index (Phi) is 7.08. The fourth-order valence-corrected chi connectivity index (χ4v) is 4.26. The number of nitrogen functional groups attached to an aromatic ring is 1. The lowest BCUT2D eigenvalue weighted by Crippen LogP contribution is -2.03. The molecule has 0 amide bonds. The van der Waals surface area contributed by atoms with E-state index in [1.807, 2.05) is 19.1 Å². The quantitative estimate of drug-likeness (QED) is 0.314. The molecule has 0 aliphatic heterocycles. The molecule has 0 aliphatic rings. The second kappa shape index (κ2) is 9.60. The van der Waals surface area contributed by atoms with Gasteiger partial charge in [-0.15, -0.1) is 0 Å². The maximum Gasteiger partial charge on any atom is 0.116 e. The summed E-state index contributed by atoms with van der Waals surface area (Å²) in [5.41, 5.74) is 17.5. The first-order valence-corrected chi connectivity index (χ1v) is 11.4. The molecule has 32 heavy (non-hydrogen) atoms. The van der Waals surface area contributed by atoms with Crippen molar-refractivity contribution in [1.82, 2.24) is 0 Å². The maximum atomic E-state index is 9.83. The van der Waals surface area contributed by atoms with Crippen LogP contribution in [0, 0.1) is 13.8 Å². The number of nitrogens with two attached hydrogens (primary N) is 1. The summed E-state index contributed by atoms with van der Waals surface area (Å²) in [7, 11) is 0. The zero-order valence-corrected chi connectivity index (χ0v) is 20.5. The highest BCUT2D eigenvalue weighted by Gasteiger charge is 2.14. The number of phenols is 1. The van der Waals surface area contributed by atoms with Crippen LogP contribution in [0.2, 0.25) is 0 Å². The average molecular weight is 429 g/mol. The predicted octanol–water partition coefficient (Wildman–Crippen LogP) is 7.57. The van der Waals surface area contributed by atoms with E-state index in [2.05, 4.69) is 65.8 Å². The van der Waals surface area contributed by atoms with Gasteiger partial charge in [-0.05, 0) is 90.1 Å². The van der Waals surface area contributed by atoms with Crippen molar-refractivity contribution >= 4 is 17.1 Å². The number of aromatic hydroxyl groups is 1. The third kappa shape index (κ3) is 5.21. The van der Waals surface area contributed by atoms with Crippen LogP contribution in [0.5, 0.6) is 5.75 Å². The fourth-order valence-electron chi connectivity index (χ4n) is 4.26. The van der Waals surface area contributed by atoms with Gasteiger partial charge >= 0.3 is 0 Å². The van der Waals surface area contributed by atoms with Gasteiger partial charge < -0.3 is 10.8 Å². The minimum absolute atomic E-state index is 0.257. The largest absolute Gasteiger partial charge is 0.508 e.